The number of benzene rings is 5. The number of hydrogen-bond donors (Lipinski definition) is 1. The van der Waals surface area contributed by atoms with Crippen molar-refractivity contribution in [2.24, 2.45) is 0 Å². The van der Waals surface area contributed by atoms with E-state index in [9.17, 15) is 0 Å². The molecule has 1 heteroatoms. The highest BCUT2D eigenvalue weighted by atomic mass is 14.9. The monoisotopic (exact) mass is 447 g/mol. The third-order valence-electron chi connectivity index (χ3n) is 7.53. The lowest BCUT2D eigenvalue weighted by atomic mass is 9.70. The Morgan fingerprint density at radius 1 is 0.514 bits per heavy atom. The van der Waals surface area contributed by atoms with Crippen molar-refractivity contribution in [3.05, 3.63) is 155 Å². The van der Waals surface area contributed by atoms with Crippen LogP contribution < -0.4 is 5.32 Å². The van der Waals surface area contributed by atoms with Crippen molar-refractivity contribution in [3.63, 3.8) is 0 Å². The Balaban J connectivity index is 1.37. The van der Waals surface area contributed by atoms with Crippen LogP contribution in [0.4, 0.5) is 5.69 Å². The van der Waals surface area contributed by atoms with Gasteiger partial charge in [0.15, 0.2) is 0 Å². The molecule has 1 spiro atoms. The second-order valence-electron chi connectivity index (χ2n) is 9.34. The third-order valence-corrected chi connectivity index (χ3v) is 7.53. The lowest BCUT2D eigenvalue weighted by Gasteiger charge is -2.30. The number of fused-ring (bicyclic) bond motifs is 10. The summed E-state index contributed by atoms with van der Waals surface area (Å²) >= 11 is 0. The molecule has 166 valence electrons. The summed E-state index contributed by atoms with van der Waals surface area (Å²) in [5.74, 6) is 0. The van der Waals surface area contributed by atoms with Gasteiger partial charge in [0, 0.05) is 12.2 Å². The minimum atomic E-state index is -0.281. The van der Waals surface area contributed by atoms with Crippen LogP contribution in [0.3, 0.4) is 0 Å². The third kappa shape index (κ3) is 2.88. The molecule has 5 aromatic carbocycles. The standard InChI is InChI=1S/C34H25N/c1-2-11-24(12-3-1)13-10-22-35-25-20-21-29-28-16-6-9-19-32(28)34(33(29)23-25)30-17-7-4-14-26(30)27-15-5-8-18-31(27)34/h1-21,23,35H,22H2/b13-10-. The minimum Gasteiger partial charge on any atom is -0.382 e. The average molecular weight is 448 g/mol. The van der Waals surface area contributed by atoms with Crippen LogP contribution in [0.2, 0.25) is 0 Å². The van der Waals surface area contributed by atoms with Crippen LogP contribution in [0.1, 0.15) is 27.8 Å². The van der Waals surface area contributed by atoms with Crippen molar-refractivity contribution in [1.82, 2.24) is 0 Å². The largest absolute Gasteiger partial charge is 0.382 e. The van der Waals surface area contributed by atoms with Crippen molar-refractivity contribution >= 4 is 11.8 Å². The summed E-state index contributed by atoms with van der Waals surface area (Å²) in [4.78, 5) is 0. The van der Waals surface area contributed by atoms with Crippen LogP contribution in [0.25, 0.3) is 28.3 Å². The van der Waals surface area contributed by atoms with Crippen LogP contribution in [0.5, 0.6) is 0 Å². The molecule has 0 radical (unpaired) electrons. The molecule has 0 saturated carbocycles. The van der Waals surface area contributed by atoms with Gasteiger partial charge in [0.1, 0.15) is 0 Å². The zero-order valence-electron chi connectivity index (χ0n) is 19.4. The quantitative estimate of drug-likeness (QED) is 0.287. The Labute approximate surface area is 206 Å². The van der Waals surface area contributed by atoms with Gasteiger partial charge in [-0.25, -0.2) is 0 Å². The lowest BCUT2D eigenvalue weighted by Crippen LogP contribution is -2.25. The Bertz CT molecular complexity index is 1530. The highest BCUT2D eigenvalue weighted by Crippen LogP contribution is 2.62. The highest BCUT2D eigenvalue weighted by molar-refractivity contribution is 5.95. The number of nitrogens with one attached hydrogen (secondary N) is 1. The van der Waals surface area contributed by atoms with Gasteiger partial charge in [-0.3, -0.25) is 0 Å². The second-order valence-corrected chi connectivity index (χ2v) is 9.34. The fraction of sp³-hybridized carbons (Fsp3) is 0.0588. The molecule has 0 aromatic heterocycles. The van der Waals surface area contributed by atoms with Gasteiger partial charge in [0.2, 0.25) is 0 Å². The predicted molar refractivity (Wildman–Crippen MR) is 147 cm³/mol. The topological polar surface area (TPSA) is 12.0 Å². The van der Waals surface area contributed by atoms with E-state index in [-0.39, 0.29) is 5.41 Å². The van der Waals surface area contributed by atoms with Gasteiger partial charge < -0.3 is 5.32 Å². The maximum atomic E-state index is 3.64. The van der Waals surface area contributed by atoms with Crippen LogP contribution in [-0.2, 0) is 5.41 Å². The Kier molecular flexibility index (Phi) is 4.50. The van der Waals surface area contributed by atoms with Gasteiger partial charge in [0.25, 0.3) is 0 Å². The van der Waals surface area contributed by atoms with Crippen molar-refractivity contribution in [3.8, 4) is 22.3 Å². The van der Waals surface area contributed by atoms with Gasteiger partial charge in [-0.2, -0.15) is 0 Å². The molecule has 7 rings (SSSR count). The molecule has 1 N–H and O–H groups in total. The Hall–Kier alpha value is -4.36. The fourth-order valence-electron chi connectivity index (χ4n) is 6.14. The minimum absolute atomic E-state index is 0.281. The molecule has 1 nitrogen and oxygen atoms in total. The summed E-state index contributed by atoms with van der Waals surface area (Å²) in [5, 5.41) is 3.64. The van der Waals surface area contributed by atoms with E-state index in [2.05, 4.69) is 133 Å². The molecule has 0 unspecified atom stereocenters. The van der Waals surface area contributed by atoms with E-state index in [0.717, 1.165) is 12.2 Å². The number of anilines is 1. The molecule has 0 bridgehead atoms. The highest BCUT2D eigenvalue weighted by Gasteiger charge is 2.51. The van der Waals surface area contributed by atoms with Crippen molar-refractivity contribution in [1.29, 1.82) is 0 Å². The van der Waals surface area contributed by atoms with Gasteiger partial charge in [-0.05, 0) is 62.2 Å². The maximum absolute atomic E-state index is 3.64. The summed E-state index contributed by atoms with van der Waals surface area (Å²) < 4.78 is 0. The Morgan fingerprint density at radius 3 is 1.63 bits per heavy atom. The number of hydrogen-bond acceptors (Lipinski definition) is 1. The molecule has 0 amide bonds. The molecule has 2 aliphatic carbocycles. The second kappa shape index (κ2) is 7.85. The van der Waals surface area contributed by atoms with E-state index in [1.54, 1.807) is 0 Å². The van der Waals surface area contributed by atoms with Gasteiger partial charge >= 0.3 is 0 Å². The molecule has 2 aliphatic rings. The average Bonchev–Trinajstić information content (AvgIpc) is 3.39. The van der Waals surface area contributed by atoms with E-state index in [0.29, 0.717) is 0 Å². The van der Waals surface area contributed by atoms with E-state index in [1.807, 2.05) is 6.07 Å². The molecular formula is C34H25N. The molecule has 0 saturated heterocycles. The SMILES string of the molecule is C(=C/c1ccccc1)/CNc1ccc2c(c1)C1(c3ccccc3-c3ccccc31)c1ccccc1-2. The molecule has 0 fully saturated rings. The van der Waals surface area contributed by atoms with Gasteiger partial charge in [-0.1, -0.05) is 121 Å². The van der Waals surface area contributed by atoms with E-state index in [1.165, 1.54) is 50.1 Å². The molecule has 0 heterocycles. The summed E-state index contributed by atoms with van der Waals surface area (Å²) in [7, 11) is 0. The first-order valence-corrected chi connectivity index (χ1v) is 12.3. The van der Waals surface area contributed by atoms with E-state index < -0.39 is 0 Å². The summed E-state index contributed by atoms with van der Waals surface area (Å²) in [6.07, 6.45) is 4.36. The predicted octanol–water partition coefficient (Wildman–Crippen LogP) is 8.16. The van der Waals surface area contributed by atoms with Crippen LogP contribution in [0.15, 0.2) is 127 Å². The van der Waals surface area contributed by atoms with Crippen molar-refractivity contribution in [2.45, 2.75) is 5.41 Å². The summed E-state index contributed by atoms with van der Waals surface area (Å²) in [6, 6.07) is 44.2. The first kappa shape index (κ1) is 20.1. The van der Waals surface area contributed by atoms with Crippen molar-refractivity contribution < 1.29 is 0 Å². The zero-order valence-corrected chi connectivity index (χ0v) is 19.4. The van der Waals surface area contributed by atoms with Crippen LogP contribution in [-0.4, -0.2) is 6.54 Å². The van der Waals surface area contributed by atoms with E-state index >= 15 is 0 Å². The van der Waals surface area contributed by atoms with Crippen LogP contribution in [0, 0.1) is 0 Å². The van der Waals surface area contributed by atoms with Gasteiger partial charge in [-0.15, -0.1) is 0 Å². The van der Waals surface area contributed by atoms with Crippen molar-refractivity contribution in [2.75, 3.05) is 11.9 Å². The molecular weight excluding hydrogens is 422 g/mol. The van der Waals surface area contributed by atoms with Gasteiger partial charge in [0.05, 0.1) is 5.41 Å². The normalized spacial score (nSPS) is 13.9. The maximum Gasteiger partial charge on any atom is 0.0726 e. The smallest absolute Gasteiger partial charge is 0.0726 e. The Morgan fingerprint density at radius 2 is 1.03 bits per heavy atom. The first-order valence-electron chi connectivity index (χ1n) is 12.3. The lowest BCUT2D eigenvalue weighted by molar-refractivity contribution is 0.794. The molecule has 5 aromatic rings. The molecule has 35 heavy (non-hydrogen) atoms. The van der Waals surface area contributed by atoms with E-state index in [4.69, 9.17) is 0 Å². The zero-order chi connectivity index (χ0) is 23.2. The molecule has 0 atom stereocenters. The first-order chi connectivity index (χ1) is 17.4. The summed E-state index contributed by atoms with van der Waals surface area (Å²) in [5.41, 5.74) is 13.0. The summed E-state index contributed by atoms with van der Waals surface area (Å²) in [6.45, 7) is 0.779. The van der Waals surface area contributed by atoms with Crippen LogP contribution >= 0.6 is 0 Å². The molecule has 0 aliphatic heterocycles. The number of rotatable bonds is 4. The fourth-order valence-corrected chi connectivity index (χ4v) is 6.14.